The summed E-state index contributed by atoms with van der Waals surface area (Å²) in [6, 6.07) is 0. The fourth-order valence-corrected chi connectivity index (χ4v) is 3.11. The highest BCUT2D eigenvalue weighted by molar-refractivity contribution is 7.91. The Labute approximate surface area is 96.9 Å². The molecule has 1 aliphatic rings. The first kappa shape index (κ1) is 11.5. The number of carbonyl (C=O) groups is 1. The zero-order valence-electron chi connectivity index (χ0n) is 8.56. The maximum atomic E-state index is 11.4. The molecule has 0 atom stereocenters. The van der Waals surface area contributed by atoms with Crippen molar-refractivity contribution < 1.29 is 13.2 Å². The summed E-state index contributed by atoms with van der Waals surface area (Å²) >= 11 is 0.884. The molecule has 0 bridgehead atoms. The van der Waals surface area contributed by atoms with E-state index in [1.807, 2.05) is 0 Å². The Morgan fingerprint density at radius 1 is 1.56 bits per heavy atom. The van der Waals surface area contributed by atoms with E-state index in [0.29, 0.717) is 10.8 Å². The van der Waals surface area contributed by atoms with E-state index in [-0.39, 0.29) is 16.0 Å². The van der Waals surface area contributed by atoms with Crippen LogP contribution in [0.15, 0.2) is 4.21 Å². The molecule has 1 aromatic rings. The van der Waals surface area contributed by atoms with Crippen molar-refractivity contribution in [1.29, 1.82) is 0 Å². The van der Waals surface area contributed by atoms with Crippen molar-refractivity contribution in [1.82, 2.24) is 4.98 Å². The number of carbonyl (C=O) groups excluding carboxylic acids is 1. The van der Waals surface area contributed by atoms with Crippen LogP contribution in [0.2, 0.25) is 0 Å². The monoisotopic (exact) mass is 261 g/mol. The van der Waals surface area contributed by atoms with Crippen molar-refractivity contribution in [2.24, 2.45) is 11.1 Å². The molecule has 0 aromatic carbocycles. The molecular weight excluding hydrogens is 250 g/mol. The Bertz CT molecular complexity index is 531. The van der Waals surface area contributed by atoms with Gasteiger partial charge in [-0.3, -0.25) is 4.79 Å². The Morgan fingerprint density at radius 3 is 2.62 bits per heavy atom. The van der Waals surface area contributed by atoms with Crippen molar-refractivity contribution in [3.8, 4) is 0 Å². The van der Waals surface area contributed by atoms with Crippen molar-refractivity contribution in [2.45, 2.75) is 24.0 Å². The van der Waals surface area contributed by atoms with Gasteiger partial charge < -0.3 is 5.32 Å². The van der Waals surface area contributed by atoms with Gasteiger partial charge in [-0.15, -0.1) is 0 Å². The second kappa shape index (κ2) is 3.79. The first-order valence-corrected chi connectivity index (χ1v) is 7.05. The van der Waals surface area contributed by atoms with E-state index in [2.05, 4.69) is 10.3 Å². The SMILES string of the molecule is Cc1nc(NC(=O)C2CC2)sc1S(N)(=O)=O. The number of aromatic nitrogens is 1. The topological polar surface area (TPSA) is 102 Å². The average Bonchev–Trinajstić information content (AvgIpc) is 2.90. The highest BCUT2D eigenvalue weighted by atomic mass is 32.2. The van der Waals surface area contributed by atoms with Crippen molar-refractivity contribution in [2.75, 3.05) is 5.32 Å². The van der Waals surface area contributed by atoms with Crippen LogP contribution in [0.3, 0.4) is 0 Å². The second-order valence-corrected chi connectivity index (χ2v) is 6.46. The third kappa shape index (κ3) is 2.39. The van der Waals surface area contributed by atoms with Gasteiger partial charge in [-0.05, 0) is 19.8 Å². The summed E-state index contributed by atoms with van der Waals surface area (Å²) in [4.78, 5) is 15.4. The standard InChI is InChI=1S/C8H11N3O3S2/c1-4-7(16(9,13)14)15-8(10-4)11-6(12)5-2-3-5/h5H,2-3H2,1H3,(H2,9,13,14)(H,10,11,12). The quantitative estimate of drug-likeness (QED) is 0.824. The number of sulfonamides is 1. The predicted molar refractivity (Wildman–Crippen MR) is 59.6 cm³/mol. The van der Waals surface area contributed by atoms with E-state index in [9.17, 15) is 13.2 Å². The highest BCUT2D eigenvalue weighted by Gasteiger charge is 2.30. The number of anilines is 1. The first-order chi connectivity index (χ1) is 7.38. The van der Waals surface area contributed by atoms with Gasteiger partial charge >= 0.3 is 0 Å². The van der Waals surface area contributed by atoms with Gasteiger partial charge in [0.05, 0.1) is 5.69 Å². The number of hydrogen-bond acceptors (Lipinski definition) is 5. The number of primary sulfonamides is 1. The van der Waals surface area contributed by atoms with Gasteiger partial charge in [0.15, 0.2) is 9.34 Å². The lowest BCUT2D eigenvalue weighted by atomic mass is 10.4. The Balaban J connectivity index is 2.20. The van der Waals surface area contributed by atoms with Gasteiger partial charge in [-0.1, -0.05) is 11.3 Å². The number of nitrogens with zero attached hydrogens (tertiary/aromatic N) is 1. The zero-order chi connectivity index (χ0) is 11.9. The fourth-order valence-electron chi connectivity index (χ4n) is 1.25. The molecule has 1 aliphatic carbocycles. The number of thiazole rings is 1. The second-order valence-electron chi connectivity index (χ2n) is 3.70. The molecule has 1 amide bonds. The van der Waals surface area contributed by atoms with Crippen LogP contribution < -0.4 is 10.5 Å². The summed E-state index contributed by atoms with van der Waals surface area (Å²) in [6.07, 6.45) is 1.77. The Hall–Kier alpha value is -0.990. The van der Waals surface area contributed by atoms with Crippen LogP contribution in [0.5, 0.6) is 0 Å². The van der Waals surface area contributed by atoms with Crippen LogP contribution in [0.25, 0.3) is 0 Å². The maximum Gasteiger partial charge on any atom is 0.249 e. The first-order valence-electron chi connectivity index (χ1n) is 4.69. The lowest BCUT2D eigenvalue weighted by molar-refractivity contribution is -0.117. The molecule has 6 nitrogen and oxygen atoms in total. The molecule has 8 heteroatoms. The zero-order valence-corrected chi connectivity index (χ0v) is 10.2. The molecule has 16 heavy (non-hydrogen) atoms. The van der Waals surface area contributed by atoms with Crippen LogP contribution in [-0.2, 0) is 14.8 Å². The van der Waals surface area contributed by atoms with Crippen molar-refractivity contribution in [3.63, 3.8) is 0 Å². The predicted octanol–water partition coefficient (Wildman–Crippen LogP) is 0.447. The van der Waals surface area contributed by atoms with Crippen LogP contribution in [0.1, 0.15) is 18.5 Å². The molecular formula is C8H11N3O3S2. The summed E-state index contributed by atoms with van der Waals surface area (Å²) < 4.78 is 22.3. The van der Waals surface area contributed by atoms with Crippen LogP contribution in [0.4, 0.5) is 5.13 Å². The third-order valence-corrected chi connectivity index (χ3v) is 4.82. The minimum absolute atomic E-state index is 0.00130. The molecule has 0 unspecified atom stereocenters. The minimum atomic E-state index is -3.75. The molecule has 0 spiro atoms. The summed E-state index contributed by atoms with van der Waals surface area (Å²) in [5, 5.41) is 7.88. The number of amides is 1. The van der Waals surface area contributed by atoms with Gasteiger partial charge in [0.2, 0.25) is 15.9 Å². The van der Waals surface area contributed by atoms with Crippen LogP contribution in [-0.4, -0.2) is 19.3 Å². The molecule has 0 radical (unpaired) electrons. The van der Waals surface area contributed by atoms with Gasteiger partial charge in [0, 0.05) is 5.92 Å². The number of nitrogens with one attached hydrogen (secondary N) is 1. The third-order valence-electron chi connectivity index (χ3n) is 2.19. The van der Waals surface area contributed by atoms with Crippen LogP contribution >= 0.6 is 11.3 Å². The number of aryl methyl sites for hydroxylation is 1. The smallest absolute Gasteiger partial charge is 0.249 e. The number of hydrogen-bond donors (Lipinski definition) is 2. The minimum Gasteiger partial charge on any atom is -0.302 e. The summed E-state index contributed by atoms with van der Waals surface area (Å²) in [5.41, 5.74) is 0.318. The van der Waals surface area contributed by atoms with E-state index in [1.54, 1.807) is 6.92 Å². The number of nitrogens with two attached hydrogens (primary N) is 1. The summed E-state index contributed by atoms with van der Waals surface area (Å²) in [7, 11) is -3.75. The molecule has 1 heterocycles. The van der Waals surface area contributed by atoms with Crippen LogP contribution in [0, 0.1) is 12.8 Å². The molecule has 88 valence electrons. The lowest BCUT2D eigenvalue weighted by Gasteiger charge is -1.97. The average molecular weight is 261 g/mol. The summed E-state index contributed by atoms with van der Waals surface area (Å²) in [5.74, 6) is -0.0446. The number of rotatable bonds is 3. The van der Waals surface area contributed by atoms with E-state index in [1.165, 1.54) is 0 Å². The lowest BCUT2D eigenvalue weighted by Crippen LogP contribution is -2.12. The maximum absolute atomic E-state index is 11.4. The molecule has 2 rings (SSSR count). The Morgan fingerprint density at radius 2 is 2.19 bits per heavy atom. The van der Waals surface area contributed by atoms with E-state index < -0.39 is 10.0 Å². The molecule has 3 N–H and O–H groups in total. The van der Waals surface area contributed by atoms with E-state index in [0.717, 1.165) is 24.2 Å². The molecule has 1 saturated carbocycles. The van der Waals surface area contributed by atoms with E-state index >= 15 is 0 Å². The van der Waals surface area contributed by atoms with Gasteiger partial charge in [-0.2, -0.15) is 0 Å². The fraction of sp³-hybridized carbons (Fsp3) is 0.500. The summed E-state index contributed by atoms with van der Waals surface area (Å²) in [6.45, 7) is 1.54. The molecule has 1 aromatic heterocycles. The molecule has 0 saturated heterocycles. The van der Waals surface area contributed by atoms with E-state index in [4.69, 9.17) is 5.14 Å². The van der Waals surface area contributed by atoms with Gasteiger partial charge in [0.1, 0.15) is 0 Å². The van der Waals surface area contributed by atoms with Crippen molar-refractivity contribution >= 4 is 32.4 Å². The highest BCUT2D eigenvalue weighted by Crippen LogP contribution is 2.32. The van der Waals surface area contributed by atoms with Crippen molar-refractivity contribution in [3.05, 3.63) is 5.69 Å². The molecule has 0 aliphatic heterocycles. The normalized spacial score (nSPS) is 16.1. The Kier molecular flexibility index (Phi) is 2.72. The molecule has 1 fully saturated rings. The van der Waals surface area contributed by atoms with Gasteiger partial charge in [0.25, 0.3) is 0 Å². The van der Waals surface area contributed by atoms with Gasteiger partial charge in [-0.25, -0.2) is 18.5 Å². The largest absolute Gasteiger partial charge is 0.302 e.